The van der Waals surface area contributed by atoms with Crippen LogP contribution in [-0.4, -0.2) is 31.1 Å². The van der Waals surface area contributed by atoms with Crippen molar-refractivity contribution in [2.45, 2.75) is 53.1 Å². The Balaban J connectivity index is 1.70. The molecular formula is C27H32F2N2O3. The van der Waals surface area contributed by atoms with E-state index in [1.165, 1.54) is 6.07 Å². The summed E-state index contributed by atoms with van der Waals surface area (Å²) in [5, 5.41) is 6.06. The minimum atomic E-state index is -1.08. The monoisotopic (exact) mass is 470 g/mol. The molecule has 1 heterocycles. The predicted molar refractivity (Wildman–Crippen MR) is 126 cm³/mol. The lowest BCUT2D eigenvalue weighted by Crippen LogP contribution is -2.46. The molecule has 182 valence electrons. The van der Waals surface area contributed by atoms with Crippen molar-refractivity contribution < 1.29 is 23.1 Å². The standard InChI is InChI=1S/C27H32F2N2O3/c1-6-34-21(32)12-20(31-26(33)25-23-18(13-30-25)27(23,4)5)17-10-16(11-19(28)24(17)29)22-14(2)8-7-9-15(22)3/h7-11,18,20,23,25,30H,6,12-13H2,1-5H3,(H,31,33)/t18-,20-,23-,25-/m0/s1. The summed E-state index contributed by atoms with van der Waals surface area (Å²) in [6.45, 7) is 10.6. The lowest BCUT2D eigenvalue weighted by Gasteiger charge is -2.24. The van der Waals surface area contributed by atoms with Gasteiger partial charge in [0.15, 0.2) is 11.6 Å². The number of piperidine rings is 1. The van der Waals surface area contributed by atoms with Gasteiger partial charge in [-0.2, -0.15) is 0 Å². The van der Waals surface area contributed by atoms with Crippen molar-refractivity contribution >= 4 is 11.9 Å². The number of esters is 1. The van der Waals surface area contributed by atoms with Crippen LogP contribution >= 0.6 is 0 Å². The maximum absolute atomic E-state index is 15.1. The highest BCUT2D eigenvalue weighted by Gasteiger charge is 2.65. The fraction of sp³-hybridized carbons (Fsp3) is 0.481. The Bertz CT molecular complexity index is 1110. The van der Waals surface area contributed by atoms with E-state index < -0.39 is 29.7 Å². The van der Waals surface area contributed by atoms with E-state index in [1.54, 1.807) is 6.92 Å². The molecule has 0 radical (unpaired) electrons. The molecule has 4 atom stereocenters. The van der Waals surface area contributed by atoms with Crippen LogP contribution < -0.4 is 10.6 Å². The number of fused-ring (bicyclic) bond motifs is 1. The molecule has 4 rings (SSSR count). The second-order valence-electron chi connectivity index (χ2n) is 10.0. The lowest BCUT2D eigenvalue weighted by molar-refractivity contribution is -0.143. The van der Waals surface area contributed by atoms with Crippen molar-refractivity contribution in [3.05, 3.63) is 58.7 Å². The Morgan fingerprint density at radius 2 is 1.88 bits per heavy atom. The molecule has 34 heavy (non-hydrogen) atoms. The van der Waals surface area contributed by atoms with Gasteiger partial charge < -0.3 is 15.4 Å². The Morgan fingerprint density at radius 1 is 1.21 bits per heavy atom. The van der Waals surface area contributed by atoms with Gasteiger partial charge in [0.2, 0.25) is 5.91 Å². The summed E-state index contributed by atoms with van der Waals surface area (Å²) in [4.78, 5) is 25.6. The van der Waals surface area contributed by atoms with Gasteiger partial charge in [-0.3, -0.25) is 9.59 Å². The van der Waals surface area contributed by atoms with Crippen LogP contribution in [-0.2, 0) is 14.3 Å². The largest absolute Gasteiger partial charge is 0.466 e. The second kappa shape index (κ2) is 9.10. The van der Waals surface area contributed by atoms with E-state index in [0.29, 0.717) is 11.5 Å². The summed E-state index contributed by atoms with van der Waals surface area (Å²) in [6.07, 6.45) is -0.295. The maximum Gasteiger partial charge on any atom is 0.308 e. The van der Waals surface area contributed by atoms with Crippen LogP contribution in [0, 0.1) is 42.7 Å². The minimum absolute atomic E-state index is 0.0591. The molecule has 1 aliphatic carbocycles. The quantitative estimate of drug-likeness (QED) is 0.581. The SMILES string of the molecule is CCOC(=O)C[C@H](NC(=O)[C@H]1NC[C@H]2[C@@H]1C2(C)C)c1cc(-c2c(C)cccc2C)cc(F)c1F. The van der Waals surface area contributed by atoms with Crippen LogP contribution in [0.5, 0.6) is 0 Å². The molecule has 0 spiro atoms. The first-order valence-corrected chi connectivity index (χ1v) is 11.8. The number of halogens is 2. The molecule has 1 saturated carbocycles. The van der Waals surface area contributed by atoms with Crippen molar-refractivity contribution in [1.29, 1.82) is 0 Å². The van der Waals surface area contributed by atoms with E-state index >= 15 is 4.39 Å². The summed E-state index contributed by atoms with van der Waals surface area (Å²) in [7, 11) is 0. The predicted octanol–water partition coefficient (Wildman–Crippen LogP) is 4.60. The van der Waals surface area contributed by atoms with E-state index in [4.69, 9.17) is 4.74 Å². The first-order valence-electron chi connectivity index (χ1n) is 11.8. The average Bonchev–Trinajstić information content (AvgIpc) is 3.10. The van der Waals surface area contributed by atoms with Crippen molar-refractivity contribution in [2.75, 3.05) is 13.2 Å². The summed E-state index contributed by atoms with van der Waals surface area (Å²) in [5.41, 5.74) is 3.12. The van der Waals surface area contributed by atoms with Gasteiger partial charge in [-0.15, -0.1) is 0 Å². The van der Waals surface area contributed by atoms with E-state index in [2.05, 4.69) is 24.5 Å². The van der Waals surface area contributed by atoms with Gasteiger partial charge in [0.25, 0.3) is 0 Å². The second-order valence-corrected chi connectivity index (χ2v) is 10.0. The van der Waals surface area contributed by atoms with E-state index in [1.807, 2.05) is 32.0 Å². The summed E-state index contributed by atoms with van der Waals surface area (Å²) < 4.78 is 35.0. The van der Waals surface area contributed by atoms with Crippen LogP contribution in [0.2, 0.25) is 0 Å². The summed E-state index contributed by atoms with van der Waals surface area (Å²) >= 11 is 0. The number of amides is 1. The number of rotatable bonds is 7. The molecule has 2 fully saturated rings. The third-order valence-corrected chi connectivity index (χ3v) is 7.53. The summed E-state index contributed by atoms with van der Waals surface area (Å²) in [6, 6.07) is 6.91. The molecule has 0 unspecified atom stereocenters. The molecule has 1 aliphatic heterocycles. The first kappa shape index (κ1) is 24.3. The number of carbonyl (C=O) groups is 2. The third kappa shape index (κ3) is 4.33. The van der Waals surface area contributed by atoms with Gasteiger partial charge in [0.05, 0.1) is 25.1 Å². The van der Waals surface area contributed by atoms with Crippen molar-refractivity contribution in [3.8, 4) is 11.1 Å². The molecule has 7 heteroatoms. The molecule has 2 aromatic carbocycles. The molecule has 5 nitrogen and oxygen atoms in total. The zero-order chi connectivity index (χ0) is 24.8. The Labute approximate surface area is 199 Å². The number of aryl methyl sites for hydroxylation is 2. The Kier molecular flexibility index (Phi) is 6.51. The fourth-order valence-electron chi connectivity index (χ4n) is 5.64. The maximum atomic E-state index is 15.1. The zero-order valence-corrected chi connectivity index (χ0v) is 20.3. The van der Waals surface area contributed by atoms with Crippen molar-refractivity contribution in [2.24, 2.45) is 17.3 Å². The number of nitrogens with one attached hydrogen (secondary N) is 2. The average molecular weight is 471 g/mol. The number of hydrogen-bond acceptors (Lipinski definition) is 4. The number of carbonyl (C=O) groups excluding carboxylic acids is 2. The highest BCUT2D eigenvalue weighted by atomic mass is 19.2. The highest BCUT2D eigenvalue weighted by Crippen LogP contribution is 2.62. The Morgan fingerprint density at radius 3 is 2.47 bits per heavy atom. The van der Waals surface area contributed by atoms with Gasteiger partial charge in [-0.25, -0.2) is 8.78 Å². The lowest BCUT2D eigenvalue weighted by atomic mass is 9.92. The molecule has 0 aromatic heterocycles. The van der Waals surface area contributed by atoms with E-state index in [-0.39, 0.29) is 35.8 Å². The summed E-state index contributed by atoms with van der Waals surface area (Å²) in [5.74, 6) is -2.42. The minimum Gasteiger partial charge on any atom is -0.466 e. The van der Waals surface area contributed by atoms with Crippen molar-refractivity contribution in [3.63, 3.8) is 0 Å². The number of benzene rings is 2. The first-order chi connectivity index (χ1) is 16.1. The number of ether oxygens (including phenoxy) is 1. The van der Waals surface area contributed by atoms with Crippen LogP contribution in [0.1, 0.15) is 49.9 Å². The van der Waals surface area contributed by atoms with Gasteiger partial charge in [-0.1, -0.05) is 32.0 Å². The number of hydrogen-bond donors (Lipinski definition) is 2. The smallest absolute Gasteiger partial charge is 0.308 e. The van der Waals surface area contributed by atoms with E-state index in [0.717, 1.165) is 29.3 Å². The van der Waals surface area contributed by atoms with Gasteiger partial charge >= 0.3 is 5.97 Å². The van der Waals surface area contributed by atoms with Crippen LogP contribution in [0.15, 0.2) is 30.3 Å². The third-order valence-electron chi connectivity index (χ3n) is 7.53. The van der Waals surface area contributed by atoms with Gasteiger partial charge in [0, 0.05) is 5.56 Å². The van der Waals surface area contributed by atoms with Gasteiger partial charge in [-0.05, 0) is 79.0 Å². The van der Waals surface area contributed by atoms with Crippen LogP contribution in [0.3, 0.4) is 0 Å². The highest BCUT2D eigenvalue weighted by molar-refractivity contribution is 5.85. The molecule has 0 bridgehead atoms. The topological polar surface area (TPSA) is 67.4 Å². The molecule has 2 N–H and O–H groups in total. The normalized spacial score (nSPS) is 23.2. The Hall–Kier alpha value is -2.80. The zero-order valence-electron chi connectivity index (χ0n) is 20.3. The molecular weight excluding hydrogens is 438 g/mol. The van der Waals surface area contributed by atoms with Crippen LogP contribution in [0.4, 0.5) is 8.78 Å². The van der Waals surface area contributed by atoms with Gasteiger partial charge in [0.1, 0.15) is 0 Å². The fourth-order valence-corrected chi connectivity index (χ4v) is 5.64. The molecule has 1 amide bonds. The van der Waals surface area contributed by atoms with Crippen LogP contribution in [0.25, 0.3) is 11.1 Å². The molecule has 2 aromatic rings. The molecule has 1 saturated heterocycles. The van der Waals surface area contributed by atoms with Crippen molar-refractivity contribution in [1.82, 2.24) is 10.6 Å². The van der Waals surface area contributed by atoms with E-state index in [9.17, 15) is 14.0 Å². The molecule has 2 aliphatic rings.